The molecule has 6 nitrogen and oxygen atoms in total. The van der Waals surface area contributed by atoms with Gasteiger partial charge in [-0.1, -0.05) is 80.6 Å². The molecule has 3 aliphatic carbocycles. The van der Waals surface area contributed by atoms with Gasteiger partial charge in [0.25, 0.3) is 0 Å². The molecule has 0 saturated heterocycles. The second-order valence-corrected chi connectivity index (χ2v) is 17.3. The molecule has 4 heterocycles. The van der Waals surface area contributed by atoms with E-state index >= 15 is 0 Å². The maximum Gasteiger partial charge on any atom is 0.151 e. The van der Waals surface area contributed by atoms with Crippen LogP contribution in [0.3, 0.4) is 0 Å². The summed E-state index contributed by atoms with van der Waals surface area (Å²) in [4.78, 5) is 18.1. The molecule has 1 saturated carbocycles. The minimum atomic E-state index is 0.222. The van der Waals surface area contributed by atoms with Crippen LogP contribution in [0.2, 0.25) is 0 Å². The Kier molecular flexibility index (Phi) is 7.27. The molecular formula is C51H40N4O2S. The van der Waals surface area contributed by atoms with Crippen molar-refractivity contribution >= 4 is 56.4 Å². The summed E-state index contributed by atoms with van der Waals surface area (Å²) < 4.78 is 12.7. The fourth-order valence-electron chi connectivity index (χ4n) is 9.97. The quantitative estimate of drug-likeness (QED) is 0.174. The van der Waals surface area contributed by atoms with Crippen LogP contribution in [-0.2, 0) is 0 Å². The monoisotopic (exact) mass is 772 g/mol. The summed E-state index contributed by atoms with van der Waals surface area (Å²) in [6, 6.07) is 42.8. The number of thiophene rings is 1. The van der Waals surface area contributed by atoms with Gasteiger partial charge in [0, 0.05) is 17.3 Å². The Balaban J connectivity index is 0.981. The molecule has 0 radical (unpaired) electrons. The van der Waals surface area contributed by atoms with E-state index < -0.39 is 0 Å². The average Bonchev–Trinajstić information content (AvgIpc) is 3.75. The fourth-order valence-corrected chi connectivity index (χ4v) is 11.2. The molecule has 1 fully saturated rings. The molecule has 7 aromatic rings. The standard InChI is InChI=1S/C51H40N4O2S/c1-4-51(3)29-35-44(51)30(2)45-46(35)53-48-47(52-45)49(31-21-25-33(26-22-31)54-36-13-5-9-17-40(36)56-41-18-10-6-14-37(41)54)58-50(48)32-23-27-34(28-24-32)55-38-15-7-11-19-42(38)57-43-20-12-8-16-39(43)55/h5-7,9-15,17-28,35H,4,8,16,29H2,1-3H3/t35-,51-/m1/s1. The van der Waals surface area contributed by atoms with Crippen LogP contribution in [0.4, 0.5) is 28.4 Å². The van der Waals surface area contributed by atoms with Crippen molar-refractivity contribution in [1.82, 2.24) is 9.97 Å². The number of hydrogen-bond acceptors (Lipinski definition) is 7. The number of rotatable bonds is 5. The Hall–Kier alpha value is -6.44. The number of benzene rings is 5. The molecule has 58 heavy (non-hydrogen) atoms. The van der Waals surface area contributed by atoms with E-state index in [1.54, 1.807) is 16.9 Å². The van der Waals surface area contributed by atoms with Crippen molar-refractivity contribution in [1.29, 1.82) is 0 Å². The Bertz CT molecular complexity index is 2910. The molecule has 2 aliphatic heterocycles. The Morgan fingerprint density at radius 1 is 0.690 bits per heavy atom. The summed E-state index contributed by atoms with van der Waals surface area (Å²) in [5.74, 6) is 3.86. The van der Waals surface area contributed by atoms with Gasteiger partial charge in [0.1, 0.15) is 16.8 Å². The molecule has 2 aromatic heterocycles. The van der Waals surface area contributed by atoms with E-state index in [9.17, 15) is 0 Å². The summed E-state index contributed by atoms with van der Waals surface area (Å²) in [7, 11) is 0. The second-order valence-electron chi connectivity index (χ2n) is 16.2. The van der Waals surface area contributed by atoms with Gasteiger partial charge in [0.2, 0.25) is 0 Å². The van der Waals surface area contributed by atoms with Crippen molar-refractivity contribution < 1.29 is 9.47 Å². The molecule has 0 unspecified atom stereocenters. The molecule has 0 N–H and O–H groups in total. The largest absolute Gasteiger partial charge is 0.453 e. The zero-order chi connectivity index (χ0) is 38.7. The van der Waals surface area contributed by atoms with Crippen LogP contribution in [0.5, 0.6) is 17.2 Å². The molecule has 5 aliphatic rings. The lowest BCUT2D eigenvalue weighted by molar-refractivity contribution is 0.231. The summed E-state index contributed by atoms with van der Waals surface area (Å²) in [6.07, 6.45) is 8.51. The summed E-state index contributed by atoms with van der Waals surface area (Å²) in [5, 5.41) is 0. The SMILES string of the molecule is CC[C@]1(C)C[C@@H]2C1=C(C)c1nc3c(-c4ccc(N5c6ccccc6Oc6ccccc65)cc4)sc(-c4ccc(N5C6=C(C=CCC6)Oc6ccccc65)cc4)c3nc12. The van der Waals surface area contributed by atoms with Crippen LogP contribution in [0.1, 0.15) is 63.8 Å². The molecule has 0 amide bonds. The first-order valence-electron chi connectivity index (χ1n) is 20.4. The lowest BCUT2D eigenvalue weighted by atomic mass is 9.58. The Morgan fingerprint density at radius 3 is 1.86 bits per heavy atom. The van der Waals surface area contributed by atoms with Crippen molar-refractivity contribution in [3.8, 4) is 38.1 Å². The third-order valence-electron chi connectivity index (χ3n) is 13.0. The van der Waals surface area contributed by atoms with Crippen molar-refractivity contribution in [2.75, 3.05) is 9.80 Å². The molecule has 12 rings (SSSR count). The van der Waals surface area contributed by atoms with Gasteiger partial charge >= 0.3 is 0 Å². The molecule has 0 bridgehead atoms. The number of nitrogens with zero attached hydrogens (tertiary/aromatic N) is 4. The highest BCUT2D eigenvalue weighted by Crippen LogP contribution is 2.64. The second kappa shape index (κ2) is 12.5. The zero-order valence-corrected chi connectivity index (χ0v) is 33.4. The van der Waals surface area contributed by atoms with Crippen LogP contribution in [0.25, 0.3) is 37.5 Å². The highest BCUT2D eigenvalue weighted by Gasteiger charge is 2.51. The number of para-hydroxylation sites is 6. The van der Waals surface area contributed by atoms with Gasteiger partial charge in [0.05, 0.1) is 43.9 Å². The lowest BCUT2D eigenvalue weighted by Gasteiger charge is -2.46. The topological polar surface area (TPSA) is 50.7 Å². The van der Waals surface area contributed by atoms with Gasteiger partial charge in [-0.3, -0.25) is 0 Å². The minimum Gasteiger partial charge on any atom is -0.453 e. The number of ether oxygens (including phenoxy) is 2. The maximum absolute atomic E-state index is 6.36. The highest BCUT2D eigenvalue weighted by atomic mass is 32.1. The third-order valence-corrected chi connectivity index (χ3v) is 14.3. The molecule has 5 aromatic carbocycles. The molecule has 0 spiro atoms. The van der Waals surface area contributed by atoms with Gasteiger partial charge in [-0.05, 0) is 127 Å². The summed E-state index contributed by atoms with van der Waals surface area (Å²) >= 11 is 1.80. The molecular weight excluding hydrogens is 733 g/mol. The first-order valence-corrected chi connectivity index (χ1v) is 21.2. The van der Waals surface area contributed by atoms with E-state index in [0.717, 1.165) is 120 Å². The maximum atomic E-state index is 6.36. The van der Waals surface area contributed by atoms with Gasteiger partial charge < -0.3 is 19.3 Å². The van der Waals surface area contributed by atoms with Gasteiger partial charge in [-0.2, -0.15) is 0 Å². The number of fused-ring (bicyclic) bond motifs is 7. The highest BCUT2D eigenvalue weighted by molar-refractivity contribution is 7.20. The Morgan fingerprint density at radius 2 is 1.24 bits per heavy atom. The number of hydrogen-bond donors (Lipinski definition) is 0. The molecule has 2 atom stereocenters. The van der Waals surface area contributed by atoms with Crippen molar-refractivity contribution in [2.45, 2.75) is 52.4 Å². The van der Waals surface area contributed by atoms with Crippen molar-refractivity contribution in [3.05, 3.63) is 162 Å². The van der Waals surface area contributed by atoms with Gasteiger partial charge in [-0.25, -0.2) is 9.97 Å². The predicted octanol–water partition coefficient (Wildman–Crippen LogP) is 14.4. The predicted molar refractivity (Wildman–Crippen MR) is 236 cm³/mol. The van der Waals surface area contributed by atoms with Crippen molar-refractivity contribution in [2.24, 2.45) is 5.41 Å². The van der Waals surface area contributed by atoms with E-state index in [4.69, 9.17) is 19.4 Å². The van der Waals surface area contributed by atoms with Crippen LogP contribution in [0, 0.1) is 5.41 Å². The summed E-state index contributed by atoms with van der Waals surface area (Å²) in [5.41, 5.74) is 16.1. The van der Waals surface area contributed by atoms with E-state index in [1.165, 1.54) is 11.3 Å². The summed E-state index contributed by atoms with van der Waals surface area (Å²) in [6.45, 7) is 7.00. The van der Waals surface area contributed by atoms with E-state index in [-0.39, 0.29) is 5.41 Å². The van der Waals surface area contributed by atoms with Crippen LogP contribution in [0.15, 0.2) is 151 Å². The Labute approximate surface area is 342 Å². The van der Waals surface area contributed by atoms with Crippen molar-refractivity contribution in [3.63, 3.8) is 0 Å². The van der Waals surface area contributed by atoms with Crippen LogP contribution < -0.4 is 19.3 Å². The van der Waals surface area contributed by atoms with E-state index in [1.807, 2.05) is 30.3 Å². The lowest BCUT2D eigenvalue weighted by Crippen LogP contribution is -2.34. The van der Waals surface area contributed by atoms with Crippen LogP contribution in [-0.4, -0.2) is 9.97 Å². The smallest absolute Gasteiger partial charge is 0.151 e. The fraction of sp³-hybridized carbons (Fsp3) is 0.176. The minimum absolute atomic E-state index is 0.222. The van der Waals surface area contributed by atoms with Crippen LogP contribution >= 0.6 is 11.3 Å². The number of allylic oxidation sites excluding steroid dienone is 5. The zero-order valence-electron chi connectivity index (χ0n) is 32.6. The molecule has 282 valence electrons. The first kappa shape index (κ1) is 33.7. The van der Waals surface area contributed by atoms with Gasteiger partial charge in [-0.15, -0.1) is 11.3 Å². The van der Waals surface area contributed by atoms with E-state index in [0.29, 0.717) is 5.92 Å². The molecule has 7 heteroatoms. The number of aromatic nitrogens is 2. The number of anilines is 5. The average molecular weight is 773 g/mol. The first-order chi connectivity index (χ1) is 28.5. The third kappa shape index (κ3) is 4.83. The van der Waals surface area contributed by atoms with E-state index in [2.05, 4.69) is 134 Å². The normalized spacial score (nSPS) is 19.7. The van der Waals surface area contributed by atoms with Gasteiger partial charge in [0.15, 0.2) is 17.2 Å².